The Morgan fingerprint density at radius 2 is 1.72 bits per heavy atom. The fraction of sp³-hybridized carbons (Fsp3) is 0.179. The Morgan fingerprint density at radius 3 is 2.44 bits per heavy atom. The van der Waals surface area contributed by atoms with Gasteiger partial charge in [-0.15, -0.1) is 0 Å². The number of aryl methyl sites for hydroxylation is 1. The third-order valence-electron chi connectivity index (χ3n) is 6.10. The van der Waals surface area contributed by atoms with Gasteiger partial charge >= 0.3 is 5.97 Å². The second kappa shape index (κ2) is 9.22. The first kappa shape index (κ1) is 23.2. The summed E-state index contributed by atoms with van der Waals surface area (Å²) in [7, 11) is 0. The number of ketones is 1. The number of Topliss-reactive ketones (excluding diaryl/α,β-unsaturated/α-hetero) is 1. The number of esters is 1. The molecule has 3 aromatic rings. The van der Waals surface area contributed by atoms with Crippen LogP contribution >= 0.6 is 0 Å². The number of carbonyl (C=O) groups excluding carboxylic acids is 3. The van der Waals surface area contributed by atoms with Crippen molar-refractivity contribution >= 4 is 29.1 Å². The van der Waals surface area contributed by atoms with Crippen LogP contribution in [-0.2, 0) is 14.3 Å². The van der Waals surface area contributed by atoms with E-state index in [1.165, 1.54) is 17.0 Å². The summed E-state index contributed by atoms with van der Waals surface area (Å²) in [4.78, 5) is 40.1. The molecular weight excluding hydrogens is 462 g/mol. The summed E-state index contributed by atoms with van der Waals surface area (Å²) < 4.78 is 15.8. The lowest BCUT2D eigenvalue weighted by atomic mass is 9.94. The van der Waals surface area contributed by atoms with Gasteiger partial charge in [0.25, 0.3) is 11.7 Å². The van der Waals surface area contributed by atoms with Crippen LogP contribution in [0.25, 0.3) is 5.76 Å². The molecule has 1 atom stereocenters. The monoisotopic (exact) mass is 485 g/mol. The standard InChI is InChI=1S/C28H23NO7/c1-3-34-28(33)17-7-10-20(11-8-17)29-24(18-6-4-5-16(2)13-18)23(26(31)27(29)32)25(30)19-9-12-21-22(14-19)36-15-35-21/h4-14,24,30H,3,15H2,1-2H3/b25-23-. The summed E-state index contributed by atoms with van der Waals surface area (Å²) in [5.41, 5.74) is 2.60. The minimum absolute atomic E-state index is 0.0427. The normalized spacial score (nSPS) is 17.9. The Morgan fingerprint density at radius 1 is 1.00 bits per heavy atom. The molecule has 2 heterocycles. The molecule has 0 saturated carbocycles. The van der Waals surface area contributed by atoms with Crippen molar-refractivity contribution in [3.63, 3.8) is 0 Å². The van der Waals surface area contributed by atoms with Crippen molar-refractivity contribution in [2.24, 2.45) is 0 Å². The van der Waals surface area contributed by atoms with Crippen LogP contribution in [0.1, 0.15) is 40.0 Å². The highest BCUT2D eigenvalue weighted by atomic mass is 16.7. The van der Waals surface area contributed by atoms with Crippen LogP contribution in [0.4, 0.5) is 5.69 Å². The Hall–Kier alpha value is -4.59. The van der Waals surface area contributed by atoms with Gasteiger partial charge in [0.1, 0.15) is 5.76 Å². The molecule has 0 radical (unpaired) electrons. The van der Waals surface area contributed by atoms with E-state index in [-0.39, 0.29) is 24.7 Å². The van der Waals surface area contributed by atoms with E-state index in [0.717, 1.165) is 5.56 Å². The summed E-state index contributed by atoms with van der Waals surface area (Å²) in [6.45, 7) is 3.92. The van der Waals surface area contributed by atoms with Crippen LogP contribution in [0.2, 0.25) is 0 Å². The molecule has 182 valence electrons. The van der Waals surface area contributed by atoms with E-state index >= 15 is 0 Å². The average Bonchev–Trinajstić information content (AvgIpc) is 3.46. The second-order valence-electron chi connectivity index (χ2n) is 8.42. The first-order valence-corrected chi connectivity index (χ1v) is 11.4. The highest BCUT2D eigenvalue weighted by Gasteiger charge is 2.47. The maximum Gasteiger partial charge on any atom is 0.338 e. The Kier molecular flexibility index (Phi) is 5.93. The van der Waals surface area contributed by atoms with Gasteiger partial charge in [-0.25, -0.2) is 4.79 Å². The number of ether oxygens (including phenoxy) is 3. The molecule has 1 fully saturated rings. The van der Waals surface area contributed by atoms with Crippen molar-refractivity contribution < 1.29 is 33.7 Å². The first-order chi connectivity index (χ1) is 17.4. The molecule has 0 aliphatic carbocycles. The van der Waals surface area contributed by atoms with Gasteiger partial charge in [-0.1, -0.05) is 29.8 Å². The van der Waals surface area contributed by atoms with E-state index in [9.17, 15) is 19.5 Å². The summed E-state index contributed by atoms with van der Waals surface area (Å²) in [6, 6.07) is 17.6. The number of hydrogen-bond acceptors (Lipinski definition) is 7. The topological polar surface area (TPSA) is 102 Å². The van der Waals surface area contributed by atoms with Gasteiger partial charge in [0, 0.05) is 11.3 Å². The predicted octanol–water partition coefficient (Wildman–Crippen LogP) is 4.53. The van der Waals surface area contributed by atoms with E-state index in [2.05, 4.69) is 0 Å². The largest absolute Gasteiger partial charge is 0.507 e. The lowest BCUT2D eigenvalue weighted by Gasteiger charge is -2.26. The van der Waals surface area contributed by atoms with Crippen molar-refractivity contribution in [2.45, 2.75) is 19.9 Å². The molecule has 0 spiro atoms. The van der Waals surface area contributed by atoms with Crippen LogP contribution in [0.3, 0.4) is 0 Å². The van der Waals surface area contributed by atoms with Gasteiger partial charge in [-0.3, -0.25) is 14.5 Å². The van der Waals surface area contributed by atoms with E-state index in [1.807, 2.05) is 25.1 Å². The van der Waals surface area contributed by atoms with Crippen LogP contribution in [0.5, 0.6) is 11.5 Å². The molecule has 1 amide bonds. The highest BCUT2D eigenvalue weighted by molar-refractivity contribution is 6.51. The Balaban J connectivity index is 1.64. The van der Waals surface area contributed by atoms with Gasteiger partial charge < -0.3 is 19.3 Å². The van der Waals surface area contributed by atoms with Gasteiger partial charge in [0.2, 0.25) is 6.79 Å². The number of carbonyl (C=O) groups is 3. The van der Waals surface area contributed by atoms with Crippen molar-refractivity contribution in [3.05, 3.63) is 94.6 Å². The Bertz CT molecular complexity index is 1410. The van der Waals surface area contributed by atoms with E-state index < -0.39 is 23.7 Å². The first-order valence-electron chi connectivity index (χ1n) is 11.4. The zero-order valence-corrected chi connectivity index (χ0v) is 19.7. The van der Waals surface area contributed by atoms with Gasteiger partial charge in [-0.05, 0) is 61.9 Å². The summed E-state index contributed by atoms with van der Waals surface area (Å²) >= 11 is 0. The number of aliphatic hydroxyl groups is 1. The average molecular weight is 485 g/mol. The molecule has 0 bridgehead atoms. The summed E-state index contributed by atoms with van der Waals surface area (Å²) in [6.07, 6.45) is 0. The quantitative estimate of drug-likeness (QED) is 0.245. The zero-order valence-electron chi connectivity index (χ0n) is 19.7. The van der Waals surface area contributed by atoms with Crippen LogP contribution < -0.4 is 14.4 Å². The lowest BCUT2D eigenvalue weighted by molar-refractivity contribution is -0.132. The Labute approximate surface area is 207 Å². The zero-order chi connectivity index (χ0) is 25.4. The van der Waals surface area contributed by atoms with Crippen LogP contribution in [0.15, 0.2) is 72.3 Å². The number of nitrogens with zero attached hydrogens (tertiary/aromatic N) is 1. The van der Waals surface area contributed by atoms with E-state index in [4.69, 9.17) is 14.2 Å². The smallest absolute Gasteiger partial charge is 0.338 e. The minimum Gasteiger partial charge on any atom is -0.507 e. The second-order valence-corrected chi connectivity index (χ2v) is 8.42. The molecule has 8 heteroatoms. The summed E-state index contributed by atoms with van der Waals surface area (Å²) in [5, 5.41) is 11.3. The third-order valence-corrected chi connectivity index (χ3v) is 6.10. The molecule has 1 N–H and O–H groups in total. The van der Waals surface area contributed by atoms with Gasteiger partial charge in [-0.2, -0.15) is 0 Å². The van der Waals surface area contributed by atoms with Crippen molar-refractivity contribution in [2.75, 3.05) is 18.3 Å². The predicted molar refractivity (Wildman–Crippen MR) is 131 cm³/mol. The molecule has 1 saturated heterocycles. The maximum absolute atomic E-state index is 13.3. The molecule has 1 unspecified atom stereocenters. The number of amides is 1. The highest BCUT2D eigenvalue weighted by Crippen LogP contribution is 2.43. The van der Waals surface area contributed by atoms with Crippen molar-refractivity contribution in [1.29, 1.82) is 0 Å². The number of hydrogen-bond donors (Lipinski definition) is 1. The molecule has 2 aliphatic rings. The molecule has 36 heavy (non-hydrogen) atoms. The number of benzene rings is 3. The van der Waals surface area contributed by atoms with Gasteiger partial charge in [0.15, 0.2) is 11.5 Å². The van der Waals surface area contributed by atoms with E-state index in [0.29, 0.717) is 33.9 Å². The SMILES string of the molecule is CCOC(=O)c1ccc(N2C(=O)C(=O)/C(=C(\O)c3ccc4c(c3)OCO4)C2c2cccc(C)c2)cc1. The third kappa shape index (κ3) is 3.96. The van der Waals surface area contributed by atoms with Crippen molar-refractivity contribution in [1.82, 2.24) is 0 Å². The van der Waals surface area contributed by atoms with Crippen LogP contribution in [0, 0.1) is 6.92 Å². The maximum atomic E-state index is 13.3. The number of rotatable bonds is 5. The lowest BCUT2D eigenvalue weighted by Crippen LogP contribution is -2.29. The molecule has 2 aliphatic heterocycles. The number of anilines is 1. The summed E-state index contributed by atoms with van der Waals surface area (Å²) in [5.74, 6) is -1.43. The minimum atomic E-state index is -0.885. The molecular formula is C28H23NO7. The van der Waals surface area contributed by atoms with Crippen molar-refractivity contribution in [3.8, 4) is 11.5 Å². The van der Waals surface area contributed by atoms with E-state index in [1.54, 1.807) is 43.3 Å². The number of fused-ring (bicyclic) bond motifs is 1. The van der Waals surface area contributed by atoms with Crippen LogP contribution in [-0.4, -0.2) is 36.2 Å². The molecule has 5 rings (SSSR count). The van der Waals surface area contributed by atoms with Gasteiger partial charge in [0.05, 0.1) is 23.8 Å². The fourth-order valence-electron chi connectivity index (χ4n) is 4.43. The molecule has 8 nitrogen and oxygen atoms in total. The fourth-order valence-corrected chi connectivity index (χ4v) is 4.43. The number of aliphatic hydroxyl groups excluding tert-OH is 1. The molecule has 0 aromatic heterocycles. The molecule has 3 aromatic carbocycles.